The van der Waals surface area contributed by atoms with E-state index >= 15 is 0 Å². The number of hydrogen-bond acceptors (Lipinski definition) is 4. The number of halogens is 1. The lowest BCUT2D eigenvalue weighted by Gasteiger charge is -2.08. The van der Waals surface area contributed by atoms with Crippen molar-refractivity contribution < 1.29 is 19.4 Å². The Morgan fingerprint density at radius 2 is 2.00 bits per heavy atom. The average Bonchev–Trinajstić information content (AvgIpc) is 2.48. The molecule has 0 aliphatic rings. The van der Waals surface area contributed by atoms with Crippen molar-refractivity contribution >= 4 is 34.5 Å². The number of hydrogen-bond donors (Lipinski definition) is 3. The smallest absolute Gasteiger partial charge is 0.322 e. The molecule has 22 heavy (non-hydrogen) atoms. The van der Waals surface area contributed by atoms with Crippen molar-refractivity contribution in [1.82, 2.24) is 5.32 Å². The van der Waals surface area contributed by atoms with E-state index in [9.17, 15) is 9.59 Å². The first-order valence-corrected chi connectivity index (χ1v) is 8.14. The third kappa shape index (κ3) is 8.30. The second-order valence-electron chi connectivity index (χ2n) is 4.85. The molecule has 0 aromatic heterocycles. The molecule has 4 N–H and O–H groups in total. The van der Waals surface area contributed by atoms with Crippen LogP contribution < -0.4 is 11.1 Å². The number of aliphatic carboxylic acids is 1. The molecule has 0 aliphatic heterocycles. The first kappa shape index (κ1) is 18.9. The molecular weight excluding hydrogens is 399 g/mol. The normalized spacial score (nSPS) is 11.9. The fourth-order valence-corrected chi connectivity index (χ4v) is 2.10. The molecule has 1 rings (SSSR count). The van der Waals surface area contributed by atoms with Crippen LogP contribution in [0.4, 0.5) is 0 Å². The number of nitrogens with two attached hydrogens (primary N) is 1. The molecular formula is C15H21IN2O4. The van der Waals surface area contributed by atoms with E-state index in [2.05, 4.69) is 52.2 Å². The highest BCUT2D eigenvalue weighted by Crippen LogP contribution is 2.09. The number of benzene rings is 1. The number of aryl methyl sites for hydroxylation is 1. The van der Waals surface area contributed by atoms with Gasteiger partial charge in [-0.3, -0.25) is 9.59 Å². The molecule has 0 aliphatic carbocycles. The molecule has 1 amide bonds. The molecule has 1 aromatic rings. The second-order valence-corrected chi connectivity index (χ2v) is 6.10. The number of carbonyl (C=O) groups is 2. The Kier molecular flexibility index (Phi) is 9.02. The number of rotatable bonds is 10. The van der Waals surface area contributed by atoms with Crippen LogP contribution in [0.5, 0.6) is 0 Å². The lowest BCUT2D eigenvalue weighted by Crippen LogP contribution is -2.36. The van der Waals surface area contributed by atoms with Gasteiger partial charge in [0.1, 0.15) is 6.04 Å². The van der Waals surface area contributed by atoms with Crippen LogP contribution in [0, 0.1) is 3.57 Å². The third-order valence-corrected chi connectivity index (χ3v) is 3.68. The van der Waals surface area contributed by atoms with E-state index < -0.39 is 12.0 Å². The molecule has 1 unspecified atom stereocenters. The van der Waals surface area contributed by atoms with Gasteiger partial charge in [-0.25, -0.2) is 0 Å². The van der Waals surface area contributed by atoms with Gasteiger partial charge in [-0.2, -0.15) is 0 Å². The average molecular weight is 420 g/mol. The summed E-state index contributed by atoms with van der Waals surface area (Å²) in [7, 11) is 0. The molecule has 122 valence electrons. The number of amides is 1. The van der Waals surface area contributed by atoms with Gasteiger partial charge in [0.05, 0.1) is 13.2 Å². The van der Waals surface area contributed by atoms with E-state index in [-0.39, 0.29) is 19.1 Å². The highest BCUT2D eigenvalue weighted by Gasteiger charge is 2.10. The molecule has 0 bridgehead atoms. The molecule has 0 fully saturated rings. The number of carboxylic acids is 1. The van der Waals surface area contributed by atoms with Crippen LogP contribution in [0.15, 0.2) is 24.3 Å². The number of ether oxygens (including phenoxy) is 1. The van der Waals surface area contributed by atoms with E-state index in [1.54, 1.807) is 0 Å². The van der Waals surface area contributed by atoms with Crippen LogP contribution in [0.2, 0.25) is 0 Å². The summed E-state index contributed by atoms with van der Waals surface area (Å²) in [5.74, 6) is -1.13. The molecule has 0 heterocycles. The zero-order valence-corrected chi connectivity index (χ0v) is 14.4. The van der Waals surface area contributed by atoms with Crippen molar-refractivity contribution in [2.75, 3.05) is 19.8 Å². The fraction of sp³-hybridized carbons (Fsp3) is 0.467. The minimum absolute atomic E-state index is 0.0309. The summed E-state index contributed by atoms with van der Waals surface area (Å²) < 4.78 is 6.27. The van der Waals surface area contributed by atoms with Crippen LogP contribution in [0.3, 0.4) is 0 Å². The summed E-state index contributed by atoms with van der Waals surface area (Å²) >= 11 is 2.26. The molecule has 1 atom stereocenters. The van der Waals surface area contributed by atoms with Gasteiger partial charge in [0.15, 0.2) is 0 Å². The van der Waals surface area contributed by atoms with Gasteiger partial charge >= 0.3 is 5.97 Å². The minimum Gasteiger partial charge on any atom is -0.480 e. The Morgan fingerprint density at radius 3 is 2.64 bits per heavy atom. The fourth-order valence-electron chi connectivity index (χ4n) is 1.74. The van der Waals surface area contributed by atoms with Crippen LogP contribution in [0.1, 0.15) is 18.4 Å². The zero-order valence-electron chi connectivity index (χ0n) is 12.3. The molecule has 1 aromatic carbocycles. The topological polar surface area (TPSA) is 102 Å². The zero-order chi connectivity index (χ0) is 16.4. The van der Waals surface area contributed by atoms with E-state index in [1.165, 1.54) is 9.13 Å². The van der Waals surface area contributed by atoms with Gasteiger partial charge in [0.25, 0.3) is 0 Å². The highest BCUT2D eigenvalue weighted by atomic mass is 127. The molecule has 6 nitrogen and oxygen atoms in total. The summed E-state index contributed by atoms with van der Waals surface area (Å²) in [6.07, 6.45) is 2.12. The summed E-state index contributed by atoms with van der Waals surface area (Å²) in [6, 6.07) is 7.22. The summed E-state index contributed by atoms with van der Waals surface area (Å²) in [6.45, 7) is 0.552. The molecule has 7 heteroatoms. The summed E-state index contributed by atoms with van der Waals surface area (Å²) in [5, 5.41) is 11.3. The lowest BCUT2D eigenvalue weighted by molar-refractivity contribution is -0.140. The third-order valence-electron chi connectivity index (χ3n) is 2.97. The Morgan fingerprint density at radius 1 is 1.32 bits per heavy atom. The SMILES string of the molecule is NC(COCCNC(=O)CCCc1ccc(I)cc1)C(=O)O. The Hall–Kier alpha value is -1.19. The van der Waals surface area contributed by atoms with Gasteiger partial charge in [0, 0.05) is 16.5 Å². The lowest BCUT2D eigenvalue weighted by atomic mass is 10.1. The van der Waals surface area contributed by atoms with E-state index in [4.69, 9.17) is 15.6 Å². The molecule has 0 saturated carbocycles. The Labute approximate surface area is 143 Å². The van der Waals surface area contributed by atoms with Crippen LogP contribution in [-0.2, 0) is 20.7 Å². The summed E-state index contributed by atoms with van der Waals surface area (Å²) in [5.41, 5.74) is 6.50. The van der Waals surface area contributed by atoms with E-state index in [1.807, 2.05) is 0 Å². The van der Waals surface area contributed by atoms with Gasteiger partial charge in [0.2, 0.25) is 5.91 Å². The predicted molar refractivity (Wildman–Crippen MR) is 91.5 cm³/mol. The maximum atomic E-state index is 11.6. The van der Waals surface area contributed by atoms with E-state index in [0.29, 0.717) is 13.0 Å². The standard InChI is InChI=1S/C15H21IN2O4/c16-12-6-4-11(5-7-12)2-1-3-14(19)18-8-9-22-10-13(17)15(20)21/h4-7,13H,1-3,8-10,17H2,(H,18,19)(H,20,21). The van der Waals surface area contributed by atoms with Crippen LogP contribution in [-0.4, -0.2) is 42.8 Å². The molecule has 0 spiro atoms. The number of carboxylic acid groups (broad SMARTS) is 1. The monoisotopic (exact) mass is 420 g/mol. The highest BCUT2D eigenvalue weighted by molar-refractivity contribution is 14.1. The maximum Gasteiger partial charge on any atom is 0.322 e. The largest absolute Gasteiger partial charge is 0.480 e. The van der Waals surface area contributed by atoms with Gasteiger partial charge in [-0.05, 0) is 53.1 Å². The van der Waals surface area contributed by atoms with Gasteiger partial charge < -0.3 is 20.9 Å². The van der Waals surface area contributed by atoms with Crippen molar-refractivity contribution in [1.29, 1.82) is 0 Å². The first-order chi connectivity index (χ1) is 10.5. The first-order valence-electron chi connectivity index (χ1n) is 7.06. The Balaban J connectivity index is 2.04. The minimum atomic E-state index is -1.10. The number of carbonyl (C=O) groups excluding carboxylic acids is 1. The Bertz CT molecular complexity index is 479. The van der Waals surface area contributed by atoms with Gasteiger partial charge in [-0.15, -0.1) is 0 Å². The van der Waals surface area contributed by atoms with Gasteiger partial charge in [-0.1, -0.05) is 12.1 Å². The van der Waals surface area contributed by atoms with Crippen molar-refractivity contribution in [3.8, 4) is 0 Å². The van der Waals surface area contributed by atoms with Crippen LogP contribution in [0.25, 0.3) is 0 Å². The quantitative estimate of drug-likeness (QED) is 0.390. The van der Waals surface area contributed by atoms with Crippen LogP contribution >= 0.6 is 22.6 Å². The van der Waals surface area contributed by atoms with Crippen molar-refractivity contribution in [2.24, 2.45) is 5.73 Å². The summed E-state index contributed by atoms with van der Waals surface area (Å²) in [4.78, 5) is 22.1. The molecule has 0 radical (unpaired) electrons. The predicted octanol–water partition coefficient (Wildman–Crippen LogP) is 1.16. The second kappa shape index (κ2) is 10.5. The van der Waals surface area contributed by atoms with Crippen molar-refractivity contribution in [3.63, 3.8) is 0 Å². The van der Waals surface area contributed by atoms with E-state index in [0.717, 1.165) is 12.8 Å². The van der Waals surface area contributed by atoms with Crippen molar-refractivity contribution in [2.45, 2.75) is 25.3 Å². The van der Waals surface area contributed by atoms with Crippen molar-refractivity contribution in [3.05, 3.63) is 33.4 Å². The maximum absolute atomic E-state index is 11.6. The number of nitrogens with one attached hydrogen (secondary N) is 1. The molecule has 0 saturated heterocycles.